The van der Waals surface area contributed by atoms with Crippen LogP contribution in [0.15, 0.2) is 79.3 Å². The van der Waals surface area contributed by atoms with Gasteiger partial charge in [0.1, 0.15) is 11.9 Å². The Bertz CT molecular complexity index is 1250. The number of rotatable bonds is 7. The molecule has 5 rings (SSSR count). The molecule has 168 valence electrons. The molecule has 4 aromatic rings. The van der Waals surface area contributed by atoms with Crippen LogP contribution in [0.1, 0.15) is 22.9 Å². The van der Waals surface area contributed by atoms with Gasteiger partial charge in [0.2, 0.25) is 5.91 Å². The second kappa shape index (κ2) is 9.08. The number of likely N-dealkylation sites (N-methyl/N-ethyl adjacent to an activating group) is 1. The number of hydrogen-bond acceptors (Lipinski definition) is 4. The first-order valence-corrected chi connectivity index (χ1v) is 11.2. The maximum Gasteiger partial charge on any atom is 0.238 e. The third-order valence-electron chi connectivity index (χ3n) is 6.41. The van der Waals surface area contributed by atoms with Crippen LogP contribution < -0.4 is 4.74 Å². The molecule has 0 aliphatic carbocycles. The molecule has 6 nitrogen and oxygen atoms in total. The maximum absolute atomic E-state index is 12.8. The number of methoxy groups -OCH3 is 1. The summed E-state index contributed by atoms with van der Waals surface area (Å²) >= 11 is 0. The normalized spacial score (nSPS) is 16.6. The van der Waals surface area contributed by atoms with E-state index in [1.807, 2.05) is 48.6 Å². The van der Waals surface area contributed by atoms with E-state index in [1.165, 1.54) is 22.0 Å². The van der Waals surface area contributed by atoms with Crippen molar-refractivity contribution < 1.29 is 9.53 Å². The molecule has 0 spiro atoms. The van der Waals surface area contributed by atoms with Gasteiger partial charge in [-0.2, -0.15) is 0 Å². The molecule has 0 radical (unpaired) electrons. The van der Waals surface area contributed by atoms with Crippen LogP contribution in [0.5, 0.6) is 5.75 Å². The number of benzene rings is 2. The van der Waals surface area contributed by atoms with Crippen molar-refractivity contribution >= 4 is 16.8 Å². The van der Waals surface area contributed by atoms with Crippen molar-refractivity contribution in [2.45, 2.75) is 19.1 Å². The molecule has 2 aromatic heterocycles. The van der Waals surface area contributed by atoms with Crippen LogP contribution >= 0.6 is 0 Å². The van der Waals surface area contributed by atoms with Gasteiger partial charge in [-0.15, -0.1) is 0 Å². The number of nitrogens with zero attached hydrogens (tertiary/aromatic N) is 4. The summed E-state index contributed by atoms with van der Waals surface area (Å²) in [5.74, 6) is 1.02. The third kappa shape index (κ3) is 4.34. The Balaban J connectivity index is 1.36. The van der Waals surface area contributed by atoms with E-state index in [0.717, 1.165) is 24.3 Å². The smallest absolute Gasteiger partial charge is 0.238 e. The minimum atomic E-state index is -0.0521. The first-order valence-electron chi connectivity index (χ1n) is 11.2. The fraction of sp³-hybridized carbons (Fsp3) is 0.259. The van der Waals surface area contributed by atoms with E-state index >= 15 is 0 Å². The third-order valence-corrected chi connectivity index (χ3v) is 6.41. The standard InChI is InChI=1S/C27H28N4O2/c1-29-19-26(32)31(16-11-20-3-6-24(33-2)7-4-20)27(29)23-5-8-25-22(17-23)12-15-30(25)18-21-9-13-28-14-10-21/h3-10,12-15,17,27H,11,16,18-19H2,1-2H3. The number of hydrogen-bond donors (Lipinski definition) is 0. The van der Waals surface area contributed by atoms with E-state index in [1.54, 1.807) is 7.11 Å². The summed E-state index contributed by atoms with van der Waals surface area (Å²) in [7, 11) is 3.69. The molecule has 1 aliphatic rings. The predicted octanol–water partition coefficient (Wildman–Crippen LogP) is 4.11. The van der Waals surface area contributed by atoms with Gasteiger partial charge in [-0.05, 0) is 78.0 Å². The van der Waals surface area contributed by atoms with Crippen molar-refractivity contribution in [1.29, 1.82) is 0 Å². The van der Waals surface area contributed by atoms with Crippen molar-refractivity contribution in [1.82, 2.24) is 19.4 Å². The minimum absolute atomic E-state index is 0.0521. The zero-order valence-electron chi connectivity index (χ0n) is 19.0. The second-order valence-electron chi connectivity index (χ2n) is 8.59. The molecular weight excluding hydrogens is 412 g/mol. The van der Waals surface area contributed by atoms with Crippen LogP contribution in [0, 0.1) is 0 Å². The summed E-state index contributed by atoms with van der Waals surface area (Å²) < 4.78 is 7.50. The van der Waals surface area contributed by atoms with Gasteiger partial charge in [0.25, 0.3) is 0 Å². The average Bonchev–Trinajstić information content (AvgIpc) is 3.37. The van der Waals surface area contributed by atoms with Gasteiger partial charge in [0.05, 0.1) is 13.7 Å². The lowest BCUT2D eigenvalue weighted by molar-refractivity contribution is -0.128. The Morgan fingerprint density at radius 3 is 2.55 bits per heavy atom. The molecule has 1 unspecified atom stereocenters. The summed E-state index contributed by atoms with van der Waals surface area (Å²) in [6, 6.07) is 20.8. The molecule has 0 bridgehead atoms. The van der Waals surface area contributed by atoms with Crippen LogP contribution in [0.3, 0.4) is 0 Å². The molecule has 2 aromatic carbocycles. The monoisotopic (exact) mass is 440 g/mol. The van der Waals surface area contributed by atoms with Crippen molar-refractivity contribution in [3.05, 3.63) is 95.9 Å². The van der Waals surface area contributed by atoms with E-state index in [-0.39, 0.29) is 12.1 Å². The van der Waals surface area contributed by atoms with Gasteiger partial charge >= 0.3 is 0 Å². The molecule has 0 saturated carbocycles. The molecule has 1 aliphatic heterocycles. The maximum atomic E-state index is 12.8. The number of amides is 1. The second-order valence-corrected chi connectivity index (χ2v) is 8.59. The van der Waals surface area contributed by atoms with E-state index in [2.05, 4.69) is 57.0 Å². The van der Waals surface area contributed by atoms with Crippen LogP contribution in [-0.4, -0.2) is 52.5 Å². The SMILES string of the molecule is COc1ccc(CCN2C(=O)CN(C)C2c2ccc3c(ccn3Cc3ccncc3)c2)cc1. The van der Waals surface area contributed by atoms with E-state index in [0.29, 0.717) is 13.1 Å². The number of fused-ring (bicyclic) bond motifs is 1. The zero-order valence-corrected chi connectivity index (χ0v) is 19.0. The van der Waals surface area contributed by atoms with E-state index in [4.69, 9.17) is 4.74 Å². The molecule has 6 heteroatoms. The van der Waals surface area contributed by atoms with Gasteiger partial charge in [-0.1, -0.05) is 18.2 Å². The lowest BCUT2D eigenvalue weighted by Crippen LogP contribution is -2.32. The molecule has 3 heterocycles. The van der Waals surface area contributed by atoms with Gasteiger partial charge in [0, 0.05) is 37.2 Å². The van der Waals surface area contributed by atoms with E-state index in [9.17, 15) is 4.79 Å². The van der Waals surface area contributed by atoms with Crippen LogP contribution in [-0.2, 0) is 17.8 Å². The molecule has 1 saturated heterocycles. The van der Waals surface area contributed by atoms with Gasteiger partial charge in [-0.3, -0.25) is 14.7 Å². The molecule has 33 heavy (non-hydrogen) atoms. The fourth-order valence-electron chi connectivity index (χ4n) is 4.69. The van der Waals surface area contributed by atoms with Crippen LogP contribution in [0.25, 0.3) is 10.9 Å². The Hall–Kier alpha value is -3.64. The first-order chi connectivity index (χ1) is 16.1. The highest BCUT2D eigenvalue weighted by molar-refractivity contribution is 5.83. The summed E-state index contributed by atoms with van der Waals surface area (Å²) in [6.45, 7) is 1.93. The van der Waals surface area contributed by atoms with Gasteiger partial charge in [0.15, 0.2) is 0 Å². The average molecular weight is 441 g/mol. The molecule has 1 amide bonds. The number of carbonyl (C=O) groups is 1. The highest BCUT2D eigenvalue weighted by atomic mass is 16.5. The highest BCUT2D eigenvalue weighted by Crippen LogP contribution is 2.32. The number of ether oxygens (including phenoxy) is 1. The van der Waals surface area contributed by atoms with Gasteiger partial charge in [-0.25, -0.2) is 0 Å². The molecule has 1 atom stereocenters. The van der Waals surface area contributed by atoms with Crippen molar-refractivity contribution in [3.8, 4) is 5.75 Å². The zero-order chi connectivity index (χ0) is 22.8. The van der Waals surface area contributed by atoms with Crippen LogP contribution in [0.2, 0.25) is 0 Å². The lowest BCUT2D eigenvalue weighted by Gasteiger charge is -2.28. The molecule has 0 N–H and O–H groups in total. The van der Waals surface area contributed by atoms with Gasteiger partial charge < -0.3 is 14.2 Å². The van der Waals surface area contributed by atoms with Crippen molar-refractivity contribution in [3.63, 3.8) is 0 Å². The topological polar surface area (TPSA) is 50.6 Å². The Morgan fingerprint density at radius 1 is 1.00 bits per heavy atom. The summed E-state index contributed by atoms with van der Waals surface area (Å²) in [5, 5.41) is 1.18. The number of carbonyl (C=O) groups excluding carboxylic acids is 1. The summed E-state index contributed by atoms with van der Waals surface area (Å²) in [4.78, 5) is 21.0. The first kappa shape index (κ1) is 21.2. The molecular formula is C27H28N4O2. The lowest BCUT2D eigenvalue weighted by atomic mass is 10.1. The molecule has 1 fully saturated rings. The largest absolute Gasteiger partial charge is 0.497 e. The van der Waals surface area contributed by atoms with Crippen molar-refractivity contribution in [2.24, 2.45) is 0 Å². The fourth-order valence-corrected chi connectivity index (χ4v) is 4.69. The van der Waals surface area contributed by atoms with Crippen molar-refractivity contribution in [2.75, 3.05) is 27.2 Å². The Kier molecular flexibility index (Phi) is 5.84. The minimum Gasteiger partial charge on any atom is -0.497 e. The quantitative estimate of drug-likeness (QED) is 0.434. The number of aromatic nitrogens is 2. The summed E-state index contributed by atoms with van der Waals surface area (Å²) in [6.07, 6.45) is 6.53. The highest BCUT2D eigenvalue weighted by Gasteiger charge is 2.36. The van der Waals surface area contributed by atoms with E-state index < -0.39 is 0 Å². The van der Waals surface area contributed by atoms with Crippen LogP contribution in [0.4, 0.5) is 0 Å². The predicted molar refractivity (Wildman–Crippen MR) is 129 cm³/mol. The number of pyridine rings is 1. The Labute approximate surface area is 194 Å². The summed E-state index contributed by atoms with van der Waals surface area (Å²) in [5.41, 5.74) is 4.75. The Morgan fingerprint density at radius 2 is 1.79 bits per heavy atom.